The van der Waals surface area contributed by atoms with Crippen molar-refractivity contribution in [3.05, 3.63) is 24.0 Å². The summed E-state index contributed by atoms with van der Waals surface area (Å²) in [5, 5.41) is 7.77. The highest BCUT2D eigenvalue weighted by atomic mass is 16.6. The number of esters is 1. The Kier molecular flexibility index (Phi) is 3.79. The molecule has 4 rings (SSSR count). The lowest BCUT2D eigenvalue weighted by Gasteiger charge is -2.11. The van der Waals surface area contributed by atoms with Gasteiger partial charge in [-0.1, -0.05) is 12.8 Å². The fourth-order valence-corrected chi connectivity index (χ4v) is 3.24. The van der Waals surface area contributed by atoms with Crippen LogP contribution in [-0.2, 0) is 9.47 Å². The molecule has 126 valence electrons. The summed E-state index contributed by atoms with van der Waals surface area (Å²) < 4.78 is 12.1. The molecule has 1 saturated heterocycles. The van der Waals surface area contributed by atoms with E-state index in [1.807, 2.05) is 4.68 Å². The van der Waals surface area contributed by atoms with E-state index >= 15 is 0 Å². The standard InChI is InChI=1S/C16H18N4O4/c21-15(23-9-13-8-18-16(22)24-13)11-5-10-7-19-20(14(10)17-6-11)12-3-1-2-4-12/h5-7,12-13H,1-4,8-9H2,(H,18,22). The molecule has 0 spiro atoms. The van der Waals surface area contributed by atoms with Crippen molar-refractivity contribution in [2.45, 2.75) is 37.8 Å². The summed E-state index contributed by atoms with van der Waals surface area (Å²) >= 11 is 0. The predicted molar refractivity (Wildman–Crippen MR) is 83.6 cm³/mol. The second-order valence-corrected chi connectivity index (χ2v) is 6.17. The van der Waals surface area contributed by atoms with Crippen LogP contribution in [0.5, 0.6) is 0 Å². The quantitative estimate of drug-likeness (QED) is 0.859. The maximum atomic E-state index is 12.1. The summed E-state index contributed by atoms with van der Waals surface area (Å²) in [6.45, 7) is 0.370. The average molecular weight is 330 g/mol. The molecule has 1 unspecified atom stereocenters. The second kappa shape index (κ2) is 6.10. The molecule has 2 fully saturated rings. The number of nitrogens with zero attached hydrogens (tertiary/aromatic N) is 3. The van der Waals surface area contributed by atoms with Gasteiger partial charge < -0.3 is 14.8 Å². The van der Waals surface area contributed by atoms with E-state index in [0.717, 1.165) is 23.9 Å². The van der Waals surface area contributed by atoms with Crippen molar-refractivity contribution >= 4 is 23.1 Å². The number of rotatable bonds is 4. The molecule has 3 heterocycles. The molecule has 2 aromatic rings. The molecule has 1 saturated carbocycles. The van der Waals surface area contributed by atoms with Gasteiger partial charge in [-0.25, -0.2) is 19.3 Å². The number of nitrogens with one attached hydrogen (secondary N) is 1. The molecule has 1 N–H and O–H groups in total. The predicted octanol–water partition coefficient (Wildman–Crippen LogP) is 1.81. The van der Waals surface area contributed by atoms with Crippen molar-refractivity contribution in [2.75, 3.05) is 13.2 Å². The van der Waals surface area contributed by atoms with E-state index in [2.05, 4.69) is 15.4 Å². The summed E-state index contributed by atoms with van der Waals surface area (Å²) in [7, 11) is 0. The maximum Gasteiger partial charge on any atom is 0.407 e. The normalized spacial score (nSPS) is 21.0. The van der Waals surface area contributed by atoms with Crippen molar-refractivity contribution in [3.8, 4) is 0 Å². The van der Waals surface area contributed by atoms with Gasteiger partial charge in [-0.15, -0.1) is 0 Å². The third-order valence-corrected chi connectivity index (χ3v) is 4.49. The molecular weight excluding hydrogens is 312 g/mol. The first-order valence-electron chi connectivity index (χ1n) is 8.15. The van der Waals surface area contributed by atoms with Gasteiger partial charge in [-0.2, -0.15) is 5.10 Å². The molecule has 1 amide bonds. The minimum absolute atomic E-state index is 0.0247. The van der Waals surface area contributed by atoms with Crippen LogP contribution in [0.2, 0.25) is 0 Å². The number of pyridine rings is 1. The Morgan fingerprint density at radius 3 is 2.96 bits per heavy atom. The summed E-state index contributed by atoms with van der Waals surface area (Å²) in [6.07, 6.45) is 7.00. The minimum Gasteiger partial charge on any atom is -0.458 e. The SMILES string of the molecule is O=C1NCC(COC(=O)c2cnc3c(cnn3C3CCCC3)c2)O1. The summed E-state index contributed by atoms with van der Waals surface area (Å²) in [5.41, 5.74) is 1.16. The molecule has 2 aromatic heterocycles. The van der Waals surface area contributed by atoms with Gasteiger partial charge in [0, 0.05) is 11.6 Å². The van der Waals surface area contributed by atoms with Crippen LogP contribution in [0.25, 0.3) is 11.0 Å². The van der Waals surface area contributed by atoms with Crippen molar-refractivity contribution in [2.24, 2.45) is 0 Å². The fraction of sp³-hybridized carbons (Fsp3) is 0.500. The fourth-order valence-electron chi connectivity index (χ4n) is 3.24. The van der Waals surface area contributed by atoms with Gasteiger partial charge in [-0.3, -0.25) is 0 Å². The molecule has 8 nitrogen and oxygen atoms in total. The Labute approximate surface area is 138 Å². The molecule has 0 radical (unpaired) electrons. The van der Waals surface area contributed by atoms with Gasteiger partial charge >= 0.3 is 12.1 Å². The van der Waals surface area contributed by atoms with Crippen LogP contribution < -0.4 is 5.32 Å². The highest BCUT2D eigenvalue weighted by molar-refractivity contribution is 5.93. The van der Waals surface area contributed by atoms with Gasteiger partial charge in [0.05, 0.1) is 24.3 Å². The summed E-state index contributed by atoms with van der Waals surface area (Å²) in [4.78, 5) is 27.5. The van der Waals surface area contributed by atoms with Crippen LogP contribution >= 0.6 is 0 Å². The second-order valence-electron chi connectivity index (χ2n) is 6.17. The number of hydrogen-bond donors (Lipinski definition) is 1. The largest absolute Gasteiger partial charge is 0.458 e. The van der Waals surface area contributed by atoms with E-state index in [1.54, 1.807) is 12.3 Å². The number of amides is 1. The molecule has 2 aliphatic rings. The van der Waals surface area contributed by atoms with Gasteiger partial charge in [-0.05, 0) is 18.9 Å². The van der Waals surface area contributed by atoms with E-state index in [0.29, 0.717) is 18.2 Å². The number of carbonyl (C=O) groups excluding carboxylic acids is 2. The summed E-state index contributed by atoms with van der Waals surface area (Å²) in [6, 6.07) is 2.14. The van der Waals surface area contributed by atoms with Crippen molar-refractivity contribution in [3.63, 3.8) is 0 Å². The number of ether oxygens (including phenoxy) is 2. The molecule has 1 atom stereocenters. The van der Waals surface area contributed by atoms with Crippen LogP contribution in [-0.4, -0.2) is 46.1 Å². The van der Waals surface area contributed by atoms with Gasteiger partial charge in [0.25, 0.3) is 0 Å². The molecule has 24 heavy (non-hydrogen) atoms. The zero-order chi connectivity index (χ0) is 16.5. The molecular formula is C16H18N4O4. The Hall–Kier alpha value is -2.64. The summed E-state index contributed by atoms with van der Waals surface area (Å²) in [5.74, 6) is -0.485. The Morgan fingerprint density at radius 2 is 2.21 bits per heavy atom. The lowest BCUT2D eigenvalue weighted by molar-refractivity contribution is 0.0300. The number of carbonyl (C=O) groups is 2. The first-order valence-corrected chi connectivity index (χ1v) is 8.15. The van der Waals surface area contributed by atoms with E-state index in [4.69, 9.17) is 9.47 Å². The molecule has 8 heteroatoms. The lowest BCUT2D eigenvalue weighted by Crippen LogP contribution is -2.22. The van der Waals surface area contributed by atoms with Gasteiger partial charge in [0.1, 0.15) is 6.61 Å². The molecule has 0 bridgehead atoms. The van der Waals surface area contributed by atoms with Gasteiger partial charge in [0.2, 0.25) is 0 Å². The minimum atomic E-state index is -0.488. The van der Waals surface area contributed by atoms with Crippen LogP contribution in [0.4, 0.5) is 4.79 Å². The Morgan fingerprint density at radius 1 is 1.38 bits per heavy atom. The van der Waals surface area contributed by atoms with Crippen LogP contribution in [0.15, 0.2) is 18.5 Å². The van der Waals surface area contributed by atoms with Crippen LogP contribution in [0.3, 0.4) is 0 Å². The van der Waals surface area contributed by atoms with Crippen molar-refractivity contribution in [1.29, 1.82) is 0 Å². The van der Waals surface area contributed by atoms with Gasteiger partial charge in [0.15, 0.2) is 11.8 Å². The zero-order valence-corrected chi connectivity index (χ0v) is 13.1. The van der Waals surface area contributed by atoms with Crippen molar-refractivity contribution < 1.29 is 19.1 Å². The Balaban J connectivity index is 1.46. The number of aromatic nitrogens is 3. The topological polar surface area (TPSA) is 95.3 Å². The number of hydrogen-bond acceptors (Lipinski definition) is 6. The molecule has 1 aliphatic heterocycles. The lowest BCUT2D eigenvalue weighted by atomic mass is 10.2. The average Bonchev–Trinajstić information content (AvgIpc) is 3.32. The zero-order valence-electron chi connectivity index (χ0n) is 13.1. The molecule has 1 aliphatic carbocycles. The van der Waals surface area contributed by atoms with Crippen molar-refractivity contribution in [1.82, 2.24) is 20.1 Å². The van der Waals surface area contributed by atoms with Crippen LogP contribution in [0, 0.1) is 0 Å². The van der Waals surface area contributed by atoms with E-state index in [-0.39, 0.29) is 6.61 Å². The maximum absolute atomic E-state index is 12.1. The number of cyclic esters (lactones) is 1. The first kappa shape index (κ1) is 14.9. The smallest absolute Gasteiger partial charge is 0.407 e. The van der Waals surface area contributed by atoms with E-state index in [1.165, 1.54) is 19.0 Å². The third kappa shape index (κ3) is 2.79. The number of fused-ring (bicyclic) bond motifs is 1. The highest BCUT2D eigenvalue weighted by Gasteiger charge is 2.25. The molecule has 0 aromatic carbocycles. The van der Waals surface area contributed by atoms with Crippen LogP contribution in [0.1, 0.15) is 42.1 Å². The Bertz CT molecular complexity index is 781. The first-order chi connectivity index (χ1) is 11.7. The third-order valence-electron chi connectivity index (χ3n) is 4.49. The monoisotopic (exact) mass is 330 g/mol. The highest BCUT2D eigenvalue weighted by Crippen LogP contribution is 2.31. The number of alkyl carbamates (subject to hydrolysis) is 1. The van der Waals surface area contributed by atoms with E-state index < -0.39 is 18.2 Å². The van der Waals surface area contributed by atoms with E-state index in [9.17, 15) is 9.59 Å².